The summed E-state index contributed by atoms with van der Waals surface area (Å²) in [5, 5.41) is 22.8. The maximum atomic E-state index is 11.8. The average molecular weight is 278 g/mol. The number of H-pyrrole nitrogens is 2. The Bertz CT molecular complexity index is 871. The lowest BCUT2D eigenvalue weighted by molar-refractivity contribution is 0.881. The van der Waals surface area contributed by atoms with Crippen molar-refractivity contribution in [1.29, 1.82) is 5.26 Å². The van der Waals surface area contributed by atoms with Gasteiger partial charge in [-0.05, 0) is 23.8 Å². The number of aromatic nitrogens is 5. The number of tetrazole rings is 1. The summed E-state index contributed by atoms with van der Waals surface area (Å²) in [4.78, 5) is 14.4. The Balaban J connectivity index is 2.10. The maximum absolute atomic E-state index is 11.8. The van der Waals surface area contributed by atoms with E-state index in [9.17, 15) is 4.79 Å². The number of nitrogens with one attached hydrogen (secondary N) is 2. The first kappa shape index (κ1) is 12.7. The standard InChI is InChI=1S/C14H10N6O/c1-8-6-11(12(7-15)14(21)16-8)9-2-4-10(5-3-9)13-17-19-20-18-13/h2-6H,1H3,(H,16,21)(H,17,18,19,20). The number of hydrogen-bond donors (Lipinski definition) is 2. The molecule has 3 rings (SSSR count). The topological polar surface area (TPSA) is 111 Å². The summed E-state index contributed by atoms with van der Waals surface area (Å²) in [6.45, 7) is 1.78. The van der Waals surface area contributed by atoms with Crippen LogP contribution in [0.15, 0.2) is 35.1 Å². The third-order valence-electron chi connectivity index (χ3n) is 3.08. The SMILES string of the molecule is Cc1cc(-c2ccc(-c3nn[nH]n3)cc2)c(C#N)c(=O)[nH]1. The molecule has 2 heterocycles. The van der Waals surface area contributed by atoms with Gasteiger partial charge in [-0.25, -0.2) is 0 Å². The zero-order valence-electron chi connectivity index (χ0n) is 11.1. The molecule has 7 heteroatoms. The molecule has 0 saturated carbocycles. The molecule has 0 saturated heterocycles. The monoisotopic (exact) mass is 278 g/mol. The summed E-state index contributed by atoms with van der Waals surface area (Å²) in [5.41, 5.74) is 2.62. The van der Waals surface area contributed by atoms with Crippen molar-refractivity contribution in [2.24, 2.45) is 0 Å². The Morgan fingerprint density at radius 1 is 1.19 bits per heavy atom. The molecule has 102 valence electrons. The van der Waals surface area contributed by atoms with E-state index in [1.165, 1.54) is 0 Å². The van der Waals surface area contributed by atoms with E-state index in [1.54, 1.807) is 13.0 Å². The van der Waals surface area contributed by atoms with Crippen molar-refractivity contribution in [2.45, 2.75) is 6.92 Å². The van der Waals surface area contributed by atoms with Gasteiger partial charge in [-0.1, -0.05) is 24.3 Å². The zero-order valence-corrected chi connectivity index (χ0v) is 11.1. The van der Waals surface area contributed by atoms with Crippen LogP contribution in [0.1, 0.15) is 11.3 Å². The minimum absolute atomic E-state index is 0.105. The molecule has 0 amide bonds. The van der Waals surface area contributed by atoms with Crippen LogP contribution in [-0.4, -0.2) is 25.6 Å². The number of aryl methyl sites for hydroxylation is 1. The van der Waals surface area contributed by atoms with Gasteiger partial charge in [-0.15, -0.1) is 10.2 Å². The van der Waals surface area contributed by atoms with Gasteiger partial charge >= 0.3 is 0 Å². The second-order valence-electron chi connectivity index (χ2n) is 4.49. The first-order chi connectivity index (χ1) is 10.2. The van der Waals surface area contributed by atoms with Gasteiger partial charge in [0.2, 0.25) is 5.82 Å². The minimum Gasteiger partial charge on any atom is -0.325 e. The van der Waals surface area contributed by atoms with Gasteiger partial charge in [0.1, 0.15) is 11.6 Å². The van der Waals surface area contributed by atoms with Crippen LogP contribution in [0.5, 0.6) is 0 Å². The third-order valence-corrected chi connectivity index (χ3v) is 3.08. The normalized spacial score (nSPS) is 10.3. The van der Waals surface area contributed by atoms with E-state index in [1.807, 2.05) is 30.3 Å². The highest BCUT2D eigenvalue weighted by molar-refractivity contribution is 5.72. The van der Waals surface area contributed by atoms with E-state index in [0.717, 1.165) is 11.1 Å². The Hall–Kier alpha value is -3.27. The fraction of sp³-hybridized carbons (Fsp3) is 0.0714. The van der Waals surface area contributed by atoms with E-state index in [-0.39, 0.29) is 11.1 Å². The lowest BCUT2D eigenvalue weighted by atomic mass is 10.00. The number of aromatic amines is 2. The minimum atomic E-state index is -0.380. The molecule has 0 aliphatic rings. The molecule has 2 aromatic heterocycles. The van der Waals surface area contributed by atoms with Crippen molar-refractivity contribution in [1.82, 2.24) is 25.6 Å². The van der Waals surface area contributed by atoms with Crippen molar-refractivity contribution in [3.8, 4) is 28.6 Å². The molecule has 3 aromatic rings. The van der Waals surface area contributed by atoms with Crippen molar-refractivity contribution in [2.75, 3.05) is 0 Å². The number of pyridine rings is 1. The van der Waals surface area contributed by atoms with Gasteiger partial charge in [-0.2, -0.15) is 10.5 Å². The predicted octanol–water partition coefficient (Wildman–Crippen LogP) is 1.40. The Labute approximate surface area is 119 Å². The number of benzene rings is 1. The van der Waals surface area contributed by atoms with E-state index in [2.05, 4.69) is 25.6 Å². The van der Waals surface area contributed by atoms with Crippen molar-refractivity contribution >= 4 is 0 Å². The molecule has 0 bridgehead atoms. The van der Waals surface area contributed by atoms with Crippen LogP contribution < -0.4 is 5.56 Å². The van der Waals surface area contributed by atoms with Crippen LogP contribution in [0.3, 0.4) is 0 Å². The van der Waals surface area contributed by atoms with Crippen molar-refractivity contribution in [3.63, 3.8) is 0 Å². The van der Waals surface area contributed by atoms with E-state index in [4.69, 9.17) is 5.26 Å². The van der Waals surface area contributed by atoms with E-state index in [0.29, 0.717) is 17.1 Å². The molecule has 0 unspecified atom stereocenters. The second kappa shape index (κ2) is 5.02. The highest BCUT2D eigenvalue weighted by Gasteiger charge is 2.11. The molecular formula is C14H10N6O. The molecule has 0 aliphatic heterocycles. The lowest BCUT2D eigenvalue weighted by Gasteiger charge is -2.05. The fourth-order valence-corrected chi connectivity index (χ4v) is 2.11. The average Bonchev–Trinajstić information content (AvgIpc) is 3.01. The summed E-state index contributed by atoms with van der Waals surface area (Å²) < 4.78 is 0. The van der Waals surface area contributed by atoms with Gasteiger partial charge in [-0.3, -0.25) is 4.79 Å². The van der Waals surface area contributed by atoms with Crippen LogP contribution in [0.4, 0.5) is 0 Å². The maximum Gasteiger partial charge on any atom is 0.266 e. The largest absolute Gasteiger partial charge is 0.325 e. The quantitative estimate of drug-likeness (QED) is 0.736. The molecule has 2 N–H and O–H groups in total. The van der Waals surface area contributed by atoms with Crippen LogP contribution in [0.25, 0.3) is 22.5 Å². The van der Waals surface area contributed by atoms with Gasteiger partial charge in [0, 0.05) is 16.8 Å². The van der Waals surface area contributed by atoms with Gasteiger partial charge in [0.05, 0.1) is 0 Å². The molecule has 0 spiro atoms. The summed E-state index contributed by atoms with van der Waals surface area (Å²) in [6, 6.07) is 11.0. The summed E-state index contributed by atoms with van der Waals surface area (Å²) in [7, 11) is 0. The molecule has 0 aliphatic carbocycles. The summed E-state index contributed by atoms with van der Waals surface area (Å²) >= 11 is 0. The first-order valence-corrected chi connectivity index (χ1v) is 6.17. The Kier molecular flexibility index (Phi) is 3.04. The third kappa shape index (κ3) is 2.30. The van der Waals surface area contributed by atoms with Crippen LogP contribution in [-0.2, 0) is 0 Å². The highest BCUT2D eigenvalue weighted by Crippen LogP contribution is 2.24. The number of rotatable bonds is 2. The molecular weight excluding hydrogens is 268 g/mol. The Morgan fingerprint density at radius 2 is 1.90 bits per heavy atom. The van der Waals surface area contributed by atoms with E-state index < -0.39 is 0 Å². The number of nitrogens with zero attached hydrogens (tertiary/aromatic N) is 4. The predicted molar refractivity (Wildman–Crippen MR) is 75.1 cm³/mol. The second-order valence-corrected chi connectivity index (χ2v) is 4.49. The molecule has 7 nitrogen and oxygen atoms in total. The summed E-state index contributed by atoms with van der Waals surface area (Å²) in [5.74, 6) is 0.490. The molecule has 0 atom stereocenters. The van der Waals surface area contributed by atoms with Gasteiger partial charge in [0.25, 0.3) is 5.56 Å². The number of nitriles is 1. The summed E-state index contributed by atoms with van der Waals surface area (Å²) in [6.07, 6.45) is 0. The Morgan fingerprint density at radius 3 is 2.52 bits per heavy atom. The smallest absolute Gasteiger partial charge is 0.266 e. The molecule has 0 radical (unpaired) electrons. The lowest BCUT2D eigenvalue weighted by Crippen LogP contribution is -2.12. The van der Waals surface area contributed by atoms with Crippen LogP contribution >= 0.6 is 0 Å². The van der Waals surface area contributed by atoms with Crippen molar-refractivity contribution in [3.05, 3.63) is 51.9 Å². The van der Waals surface area contributed by atoms with Crippen molar-refractivity contribution < 1.29 is 0 Å². The number of hydrogen-bond acceptors (Lipinski definition) is 5. The molecule has 1 aromatic carbocycles. The zero-order chi connectivity index (χ0) is 14.8. The van der Waals surface area contributed by atoms with Gasteiger partial charge < -0.3 is 4.98 Å². The first-order valence-electron chi connectivity index (χ1n) is 6.17. The van der Waals surface area contributed by atoms with Crippen LogP contribution in [0.2, 0.25) is 0 Å². The highest BCUT2D eigenvalue weighted by atomic mass is 16.1. The molecule has 0 fully saturated rings. The van der Waals surface area contributed by atoms with Crippen LogP contribution in [0, 0.1) is 18.3 Å². The van der Waals surface area contributed by atoms with E-state index >= 15 is 0 Å². The molecule has 21 heavy (non-hydrogen) atoms. The fourth-order valence-electron chi connectivity index (χ4n) is 2.11. The van der Waals surface area contributed by atoms with Gasteiger partial charge in [0.15, 0.2) is 0 Å².